The summed E-state index contributed by atoms with van der Waals surface area (Å²) in [6, 6.07) is 9.27. The zero-order valence-electron chi connectivity index (χ0n) is 14.1. The number of methoxy groups -OCH3 is 2. The summed E-state index contributed by atoms with van der Waals surface area (Å²) in [6.07, 6.45) is 1.53. The Morgan fingerprint density at radius 3 is 2.54 bits per heavy atom. The van der Waals surface area contributed by atoms with Crippen LogP contribution in [-0.4, -0.2) is 31.3 Å². The lowest BCUT2D eigenvalue weighted by atomic mass is 10.1. The number of hydrazone groups is 1. The molecular formula is C17H16BrN3O5. The minimum atomic E-state index is -0.491. The molecule has 0 bridgehead atoms. The summed E-state index contributed by atoms with van der Waals surface area (Å²) in [5.74, 6) is 0.752. The first-order chi connectivity index (χ1) is 12.4. The van der Waals surface area contributed by atoms with Gasteiger partial charge in [-0.3, -0.25) is 14.9 Å². The summed E-state index contributed by atoms with van der Waals surface area (Å²) in [5, 5.41) is 14.5. The van der Waals surface area contributed by atoms with Crippen LogP contribution in [0.2, 0.25) is 0 Å². The normalized spacial score (nSPS) is 10.6. The molecule has 2 aromatic rings. The summed E-state index contributed by atoms with van der Waals surface area (Å²) in [4.78, 5) is 22.0. The van der Waals surface area contributed by atoms with Gasteiger partial charge in [0.25, 0.3) is 5.69 Å². The van der Waals surface area contributed by atoms with Crippen LogP contribution in [0.1, 0.15) is 11.1 Å². The molecule has 2 rings (SSSR count). The Labute approximate surface area is 158 Å². The van der Waals surface area contributed by atoms with Crippen LogP contribution in [0.5, 0.6) is 11.5 Å². The molecule has 0 saturated carbocycles. The number of carbonyl (C=O) groups is 1. The summed E-state index contributed by atoms with van der Waals surface area (Å²) < 4.78 is 11.2. The van der Waals surface area contributed by atoms with Gasteiger partial charge in [-0.2, -0.15) is 5.10 Å². The maximum absolute atomic E-state index is 11.9. The fourth-order valence-electron chi connectivity index (χ4n) is 2.15. The molecule has 0 radical (unpaired) electrons. The van der Waals surface area contributed by atoms with Crippen molar-refractivity contribution in [2.45, 2.75) is 6.42 Å². The second-order valence-corrected chi connectivity index (χ2v) is 5.99. The fraction of sp³-hybridized carbons (Fsp3) is 0.176. The first kappa shape index (κ1) is 19.4. The van der Waals surface area contributed by atoms with Gasteiger partial charge in [0.15, 0.2) is 11.5 Å². The summed E-state index contributed by atoms with van der Waals surface area (Å²) in [7, 11) is 3.06. The number of halogens is 1. The van der Waals surface area contributed by atoms with E-state index in [-0.39, 0.29) is 18.0 Å². The number of hydrogen-bond donors (Lipinski definition) is 1. The van der Waals surface area contributed by atoms with Gasteiger partial charge in [-0.05, 0) is 39.2 Å². The van der Waals surface area contributed by atoms with Crippen molar-refractivity contribution in [1.82, 2.24) is 5.43 Å². The highest BCUT2D eigenvalue weighted by Crippen LogP contribution is 2.35. The van der Waals surface area contributed by atoms with Crippen molar-refractivity contribution < 1.29 is 19.2 Å². The van der Waals surface area contributed by atoms with E-state index in [1.54, 1.807) is 12.1 Å². The van der Waals surface area contributed by atoms with Crippen molar-refractivity contribution in [2.75, 3.05) is 14.2 Å². The number of carbonyl (C=O) groups excluding carboxylic acids is 1. The molecule has 9 heteroatoms. The highest BCUT2D eigenvalue weighted by Gasteiger charge is 2.10. The molecule has 1 amide bonds. The monoisotopic (exact) mass is 421 g/mol. The number of nitrogens with one attached hydrogen (secondary N) is 1. The van der Waals surface area contributed by atoms with Crippen molar-refractivity contribution in [3.63, 3.8) is 0 Å². The quantitative estimate of drug-likeness (QED) is 0.420. The molecule has 0 spiro atoms. The van der Waals surface area contributed by atoms with Gasteiger partial charge in [-0.15, -0.1) is 0 Å². The number of hydrogen-bond acceptors (Lipinski definition) is 6. The number of non-ortho nitro benzene ring substituents is 1. The standard InChI is InChI=1S/C17H16BrN3O5/c1-25-15-8-12(7-14(18)17(15)26-2)10-19-20-16(22)9-11-3-5-13(6-4-11)21(23)24/h3-8,10H,9H2,1-2H3,(H,20,22)/b19-10-. The Bertz CT molecular complexity index is 837. The Morgan fingerprint density at radius 2 is 1.96 bits per heavy atom. The molecule has 0 aliphatic carbocycles. The lowest BCUT2D eigenvalue weighted by molar-refractivity contribution is -0.384. The van der Waals surface area contributed by atoms with Crippen LogP contribution < -0.4 is 14.9 Å². The molecule has 0 heterocycles. The number of nitrogens with zero attached hydrogens (tertiary/aromatic N) is 2. The molecule has 8 nitrogen and oxygen atoms in total. The molecule has 0 aliphatic rings. The third kappa shape index (κ3) is 5.03. The summed E-state index contributed by atoms with van der Waals surface area (Å²) in [6.45, 7) is 0. The van der Waals surface area contributed by atoms with Crippen LogP contribution in [-0.2, 0) is 11.2 Å². The molecule has 2 aromatic carbocycles. The third-order valence-corrected chi connectivity index (χ3v) is 3.96. The average molecular weight is 422 g/mol. The van der Waals surface area contributed by atoms with Gasteiger partial charge >= 0.3 is 0 Å². The van der Waals surface area contributed by atoms with E-state index in [0.717, 1.165) is 0 Å². The van der Waals surface area contributed by atoms with Crippen molar-refractivity contribution in [2.24, 2.45) is 5.10 Å². The number of nitro benzene ring substituents is 1. The molecule has 0 unspecified atom stereocenters. The van der Waals surface area contributed by atoms with E-state index in [9.17, 15) is 14.9 Å². The SMILES string of the molecule is COc1cc(/C=N\NC(=O)Cc2ccc([N+](=O)[O-])cc2)cc(Br)c1OC. The maximum Gasteiger partial charge on any atom is 0.269 e. The molecule has 0 fully saturated rings. The minimum absolute atomic E-state index is 0.0220. The topological polar surface area (TPSA) is 103 Å². The average Bonchev–Trinajstić information content (AvgIpc) is 2.61. The van der Waals surface area contributed by atoms with E-state index in [1.165, 1.54) is 44.7 Å². The van der Waals surface area contributed by atoms with E-state index in [0.29, 0.717) is 27.1 Å². The van der Waals surface area contributed by atoms with Gasteiger partial charge in [0.1, 0.15) is 0 Å². The summed E-state index contributed by atoms with van der Waals surface area (Å²) >= 11 is 3.38. The first-order valence-electron chi connectivity index (χ1n) is 7.41. The third-order valence-electron chi connectivity index (χ3n) is 3.37. The van der Waals surface area contributed by atoms with Crippen LogP contribution in [0, 0.1) is 10.1 Å². The van der Waals surface area contributed by atoms with Gasteiger partial charge in [0.05, 0.1) is 36.3 Å². The van der Waals surface area contributed by atoms with E-state index in [1.807, 2.05) is 0 Å². The molecule has 136 valence electrons. The Hall–Kier alpha value is -2.94. The van der Waals surface area contributed by atoms with Gasteiger partial charge in [-0.1, -0.05) is 12.1 Å². The predicted molar refractivity (Wildman–Crippen MR) is 99.8 cm³/mol. The first-order valence-corrected chi connectivity index (χ1v) is 8.20. The smallest absolute Gasteiger partial charge is 0.269 e. The molecule has 26 heavy (non-hydrogen) atoms. The highest BCUT2D eigenvalue weighted by atomic mass is 79.9. The number of ether oxygens (including phenoxy) is 2. The maximum atomic E-state index is 11.9. The van der Waals surface area contributed by atoms with Gasteiger partial charge in [-0.25, -0.2) is 5.43 Å². The van der Waals surface area contributed by atoms with Crippen molar-refractivity contribution in [3.8, 4) is 11.5 Å². The van der Waals surface area contributed by atoms with E-state index >= 15 is 0 Å². The zero-order chi connectivity index (χ0) is 19.1. The number of rotatable bonds is 7. The van der Waals surface area contributed by atoms with E-state index in [2.05, 4.69) is 26.5 Å². The van der Waals surface area contributed by atoms with Crippen LogP contribution >= 0.6 is 15.9 Å². The Morgan fingerprint density at radius 1 is 1.27 bits per heavy atom. The van der Waals surface area contributed by atoms with Gasteiger partial charge in [0, 0.05) is 12.1 Å². The lowest BCUT2D eigenvalue weighted by Gasteiger charge is -2.10. The molecule has 0 saturated heterocycles. The van der Waals surface area contributed by atoms with Crippen LogP contribution in [0.15, 0.2) is 46.0 Å². The second kappa shape index (κ2) is 8.95. The number of amides is 1. The van der Waals surface area contributed by atoms with Gasteiger partial charge < -0.3 is 9.47 Å². The second-order valence-electron chi connectivity index (χ2n) is 5.13. The van der Waals surface area contributed by atoms with Crippen LogP contribution in [0.3, 0.4) is 0 Å². The highest BCUT2D eigenvalue weighted by molar-refractivity contribution is 9.10. The van der Waals surface area contributed by atoms with Crippen LogP contribution in [0.25, 0.3) is 0 Å². The zero-order valence-corrected chi connectivity index (χ0v) is 15.6. The molecule has 0 atom stereocenters. The van der Waals surface area contributed by atoms with E-state index < -0.39 is 4.92 Å². The molecular weight excluding hydrogens is 406 g/mol. The molecule has 0 aliphatic heterocycles. The Kier molecular flexibility index (Phi) is 6.67. The van der Waals surface area contributed by atoms with Gasteiger partial charge in [0.2, 0.25) is 5.91 Å². The van der Waals surface area contributed by atoms with E-state index in [4.69, 9.17) is 9.47 Å². The fourth-order valence-corrected chi connectivity index (χ4v) is 2.77. The van der Waals surface area contributed by atoms with Crippen molar-refractivity contribution in [3.05, 3.63) is 62.1 Å². The lowest BCUT2D eigenvalue weighted by Crippen LogP contribution is -2.19. The predicted octanol–water partition coefficient (Wildman–Crippen LogP) is 3.07. The summed E-state index contributed by atoms with van der Waals surface area (Å²) in [5.41, 5.74) is 3.74. The number of benzene rings is 2. The van der Waals surface area contributed by atoms with Crippen molar-refractivity contribution >= 4 is 33.7 Å². The molecule has 0 aromatic heterocycles. The van der Waals surface area contributed by atoms with Crippen LogP contribution in [0.4, 0.5) is 5.69 Å². The Balaban J connectivity index is 1.98. The number of nitro groups is 1. The molecule has 1 N–H and O–H groups in total. The minimum Gasteiger partial charge on any atom is -0.493 e. The van der Waals surface area contributed by atoms with Crippen molar-refractivity contribution in [1.29, 1.82) is 0 Å². The largest absolute Gasteiger partial charge is 0.493 e.